The minimum atomic E-state index is 0.129. The third-order valence-corrected chi connectivity index (χ3v) is 3.62. The van der Waals surface area contributed by atoms with Crippen LogP contribution in [0, 0.1) is 6.92 Å². The molecule has 1 aromatic heterocycles. The highest BCUT2D eigenvalue weighted by Crippen LogP contribution is 2.31. The highest BCUT2D eigenvalue weighted by atomic mass is 79.9. The fraction of sp³-hybridized carbons (Fsp3) is 0.333. The second-order valence-electron chi connectivity index (χ2n) is 4.38. The SMILES string of the molecule is CCNC(c1coc(C)c1)c1ccc(OC)c(Br)c1. The van der Waals surface area contributed by atoms with Crippen molar-refractivity contribution in [1.82, 2.24) is 5.32 Å². The lowest BCUT2D eigenvalue weighted by Crippen LogP contribution is -2.21. The molecule has 102 valence electrons. The molecule has 0 aliphatic carbocycles. The topological polar surface area (TPSA) is 34.4 Å². The van der Waals surface area contributed by atoms with Crippen LogP contribution in [0.25, 0.3) is 0 Å². The van der Waals surface area contributed by atoms with Crippen LogP contribution in [0.1, 0.15) is 29.9 Å². The number of benzene rings is 1. The van der Waals surface area contributed by atoms with Gasteiger partial charge in [-0.1, -0.05) is 13.0 Å². The Morgan fingerprint density at radius 3 is 2.63 bits per heavy atom. The maximum absolute atomic E-state index is 5.41. The predicted octanol–water partition coefficient (Wildman–Crippen LogP) is 4.06. The quantitative estimate of drug-likeness (QED) is 0.901. The second kappa shape index (κ2) is 6.26. The van der Waals surface area contributed by atoms with Gasteiger partial charge in [0, 0.05) is 5.56 Å². The van der Waals surface area contributed by atoms with Crippen molar-refractivity contribution in [3.05, 3.63) is 51.9 Å². The van der Waals surface area contributed by atoms with Gasteiger partial charge in [0.15, 0.2) is 0 Å². The maximum Gasteiger partial charge on any atom is 0.133 e. The minimum Gasteiger partial charge on any atom is -0.496 e. The van der Waals surface area contributed by atoms with Crippen LogP contribution in [0.2, 0.25) is 0 Å². The Labute approximate surface area is 122 Å². The number of ether oxygens (including phenoxy) is 1. The monoisotopic (exact) mass is 323 g/mol. The molecule has 1 heterocycles. The average Bonchev–Trinajstić information content (AvgIpc) is 2.82. The summed E-state index contributed by atoms with van der Waals surface area (Å²) in [7, 11) is 1.67. The van der Waals surface area contributed by atoms with Crippen LogP contribution < -0.4 is 10.1 Å². The van der Waals surface area contributed by atoms with Gasteiger partial charge >= 0.3 is 0 Å². The maximum atomic E-state index is 5.41. The molecule has 2 rings (SSSR count). The molecule has 0 amide bonds. The summed E-state index contributed by atoms with van der Waals surface area (Å²) in [5.74, 6) is 1.76. The number of aryl methyl sites for hydroxylation is 1. The van der Waals surface area contributed by atoms with Crippen molar-refractivity contribution < 1.29 is 9.15 Å². The van der Waals surface area contributed by atoms with E-state index in [9.17, 15) is 0 Å². The van der Waals surface area contributed by atoms with Crippen molar-refractivity contribution >= 4 is 15.9 Å². The molecule has 1 aromatic carbocycles. The molecular weight excluding hydrogens is 306 g/mol. The fourth-order valence-electron chi connectivity index (χ4n) is 2.11. The molecule has 1 N–H and O–H groups in total. The molecule has 19 heavy (non-hydrogen) atoms. The van der Waals surface area contributed by atoms with Gasteiger partial charge < -0.3 is 14.5 Å². The molecule has 1 atom stereocenters. The van der Waals surface area contributed by atoms with Crippen LogP contribution in [-0.2, 0) is 0 Å². The van der Waals surface area contributed by atoms with Gasteiger partial charge in [-0.15, -0.1) is 0 Å². The normalized spacial score (nSPS) is 12.4. The smallest absolute Gasteiger partial charge is 0.133 e. The van der Waals surface area contributed by atoms with Crippen molar-refractivity contribution in [2.75, 3.05) is 13.7 Å². The van der Waals surface area contributed by atoms with Crippen LogP contribution in [-0.4, -0.2) is 13.7 Å². The van der Waals surface area contributed by atoms with Gasteiger partial charge in [-0.05, 0) is 53.2 Å². The predicted molar refractivity (Wildman–Crippen MR) is 79.7 cm³/mol. The van der Waals surface area contributed by atoms with E-state index in [1.165, 1.54) is 5.56 Å². The molecule has 0 aliphatic heterocycles. The number of rotatable bonds is 5. The van der Waals surface area contributed by atoms with Crippen molar-refractivity contribution in [3.8, 4) is 5.75 Å². The highest BCUT2D eigenvalue weighted by Gasteiger charge is 2.16. The van der Waals surface area contributed by atoms with E-state index in [0.717, 1.165) is 28.1 Å². The highest BCUT2D eigenvalue weighted by molar-refractivity contribution is 9.10. The van der Waals surface area contributed by atoms with Gasteiger partial charge in [-0.3, -0.25) is 0 Å². The van der Waals surface area contributed by atoms with E-state index in [-0.39, 0.29) is 6.04 Å². The third kappa shape index (κ3) is 3.19. The summed E-state index contributed by atoms with van der Waals surface area (Å²) in [5.41, 5.74) is 2.31. The Morgan fingerprint density at radius 2 is 2.11 bits per heavy atom. The second-order valence-corrected chi connectivity index (χ2v) is 5.23. The summed E-state index contributed by atoms with van der Waals surface area (Å²) in [6.07, 6.45) is 1.81. The van der Waals surface area contributed by atoms with Crippen LogP contribution in [0.3, 0.4) is 0 Å². The Bertz CT molecular complexity index is 551. The van der Waals surface area contributed by atoms with Gasteiger partial charge in [-0.25, -0.2) is 0 Å². The van der Waals surface area contributed by atoms with E-state index >= 15 is 0 Å². The first-order valence-electron chi connectivity index (χ1n) is 6.27. The Hall–Kier alpha value is -1.26. The van der Waals surface area contributed by atoms with Gasteiger partial charge in [0.1, 0.15) is 11.5 Å². The number of halogens is 1. The first-order chi connectivity index (χ1) is 9.15. The van der Waals surface area contributed by atoms with Gasteiger partial charge in [0.2, 0.25) is 0 Å². The minimum absolute atomic E-state index is 0.129. The largest absolute Gasteiger partial charge is 0.496 e. The first kappa shape index (κ1) is 14.2. The van der Waals surface area contributed by atoms with Crippen molar-refractivity contribution in [2.24, 2.45) is 0 Å². The zero-order valence-corrected chi connectivity index (χ0v) is 13.0. The molecule has 0 saturated carbocycles. The molecule has 0 saturated heterocycles. The van der Waals surface area contributed by atoms with Gasteiger partial charge in [-0.2, -0.15) is 0 Å². The fourth-order valence-corrected chi connectivity index (χ4v) is 2.67. The first-order valence-corrected chi connectivity index (χ1v) is 7.06. The van der Waals surface area contributed by atoms with E-state index in [4.69, 9.17) is 9.15 Å². The van der Waals surface area contributed by atoms with Crippen molar-refractivity contribution in [2.45, 2.75) is 19.9 Å². The van der Waals surface area contributed by atoms with E-state index in [1.54, 1.807) is 13.4 Å². The lowest BCUT2D eigenvalue weighted by molar-refractivity contribution is 0.411. The summed E-state index contributed by atoms with van der Waals surface area (Å²) >= 11 is 3.53. The van der Waals surface area contributed by atoms with Crippen LogP contribution in [0.4, 0.5) is 0 Å². The van der Waals surface area contributed by atoms with Gasteiger partial charge in [0.25, 0.3) is 0 Å². The van der Waals surface area contributed by atoms with Crippen LogP contribution in [0.15, 0.2) is 39.4 Å². The summed E-state index contributed by atoms with van der Waals surface area (Å²) in [4.78, 5) is 0. The van der Waals surface area contributed by atoms with E-state index in [2.05, 4.69) is 46.4 Å². The van der Waals surface area contributed by atoms with Gasteiger partial charge in [0.05, 0.1) is 23.9 Å². The summed E-state index contributed by atoms with van der Waals surface area (Å²) in [6.45, 7) is 4.94. The lowest BCUT2D eigenvalue weighted by Gasteiger charge is -2.18. The third-order valence-electron chi connectivity index (χ3n) is 3.00. The van der Waals surface area contributed by atoms with E-state index in [0.29, 0.717) is 0 Å². The molecule has 0 bridgehead atoms. The number of furan rings is 1. The van der Waals surface area contributed by atoms with Crippen molar-refractivity contribution in [3.63, 3.8) is 0 Å². The molecule has 1 unspecified atom stereocenters. The standard InChI is InChI=1S/C15H18BrNO2/c1-4-17-15(12-7-10(2)19-9-12)11-5-6-14(18-3)13(16)8-11/h5-9,15,17H,4H2,1-3H3. The molecule has 0 fully saturated rings. The number of hydrogen-bond donors (Lipinski definition) is 1. The Balaban J connectivity index is 2.36. The molecule has 4 heteroatoms. The number of hydrogen-bond acceptors (Lipinski definition) is 3. The summed E-state index contributed by atoms with van der Waals surface area (Å²) < 4.78 is 11.6. The average molecular weight is 324 g/mol. The van der Waals surface area contributed by atoms with Crippen molar-refractivity contribution in [1.29, 1.82) is 0 Å². The zero-order chi connectivity index (χ0) is 13.8. The summed E-state index contributed by atoms with van der Waals surface area (Å²) in [6, 6.07) is 8.31. The molecule has 3 nitrogen and oxygen atoms in total. The molecule has 2 aromatic rings. The van der Waals surface area contributed by atoms with Crippen LogP contribution >= 0.6 is 15.9 Å². The van der Waals surface area contributed by atoms with Crippen LogP contribution in [0.5, 0.6) is 5.75 Å². The molecule has 0 radical (unpaired) electrons. The van der Waals surface area contributed by atoms with E-state index < -0.39 is 0 Å². The Kier molecular flexibility index (Phi) is 4.66. The molecular formula is C15H18BrNO2. The van der Waals surface area contributed by atoms with E-state index in [1.807, 2.05) is 13.0 Å². The zero-order valence-electron chi connectivity index (χ0n) is 11.4. The number of methoxy groups -OCH3 is 1. The Morgan fingerprint density at radius 1 is 1.32 bits per heavy atom. The molecule has 0 aliphatic rings. The molecule has 0 spiro atoms. The lowest BCUT2D eigenvalue weighted by atomic mass is 10.0. The number of nitrogens with one attached hydrogen (secondary N) is 1. The summed E-state index contributed by atoms with van der Waals surface area (Å²) in [5, 5.41) is 3.47.